The lowest BCUT2D eigenvalue weighted by Gasteiger charge is -2.26. The summed E-state index contributed by atoms with van der Waals surface area (Å²) in [6, 6.07) is 13.5. The number of halogens is 3. The lowest BCUT2D eigenvalue weighted by Crippen LogP contribution is -2.32. The highest BCUT2D eigenvalue weighted by Crippen LogP contribution is 2.34. The standard InChI is InChI=1S/C22H18F3N3O/c23-22(24,25)16-7-3-6-15(13-16)17-11-10-14-5-4-9-18(20(14)27-17)28-21(29)19-8-1-2-12-26-19/h1-3,6-8,10-13,18H,4-5,9H2,(H,28,29). The van der Waals surface area contributed by atoms with Crippen LogP contribution in [0.25, 0.3) is 11.3 Å². The molecule has 0 radical (unpaired) electrons. The predicted molar refractivity (Wildman–Crippen MR) is 102 cm³/mol. The monoisotopic (exact) mass is 397 g/mol. The maximum atomic E-state index is 13.0. The van der Waals surface area contributed by atoms with E-state index >= 15 is 0 Å². The van der Waals surface area contributed by atoms with Crippen LogP contribution >= 0.6 is 0 Å². The molecule has 1 aromatic carbocycles. The van der Waals surface area contributed by atoms with Crippen molar-refractivity contribution in [3.8, 4) is 11.3 Å². The highest BCUT2D eigenvalue weighted by atomic mass is 19.4. The van der Waals surface area contributed by atoms with Crippen molar-refractivity contribution in [3.05, 3.63) is 83.3 Å². The largest absolute Gasteiger partial charge is 0.416 e. The Bertz CT molecular complexity index is 1030. The molecule has 0 fully saturated rings. The number of alkyl halides is 3. The van der Waals surface area contributed by atoms with Crippen LogP contribution in [-0.4, -0.2) is 15.9 Å². The van der Waals surface area contributed by atoms with Crippen molar-refractivity contribution in [3.63, 3.8) is 0 Å². The maximum Gasteiger partial charge on any atom is 0.416 e. The third-order valence-electron chi connectivity index (χ3n) is 4.97. The highest BCUT2D eigenvalue weighted by Gasteiger charge is 2.31. The summed E-state index contributed by atoms with van der Waals surface area (Å²) >= 11 is 0. The van der Waals surface area contributed by atoms with Crippen LogP contribution in [0.2, 0.25) is 0 Å². The number of fused-ring (bicyclic) bond motifs is 1. The van der Waals surface area contributed by atoms with Crippen LogP contribution in [0.15, 0.2) is 60.8 Å². The zero-order chi connectivity index (χ0) is 20.4. The number of hydrogen-bond acceptors (Lipinski definition) is 3. The van der Waals surface area contributed by atoms with Crippen LogP contribution in [-0.2, 0) is 12.6 Å². The molecule has 0 spiro atoms. The van der Waals surface area contributed by atoms with Gasteiger partial charge in [-0.2, -0.15) is 13.2 Å². The Kier molecular flexibility index (Phi) is 5.05. The second kappa shape index (κ2) is 7.66. The second-order valence-electron chi connectivity index (χ2n) is 6.95. The van der Waals surface area contributed by atoms with Crippen molar-refractivity contribution in [2.24, 2.45) is 0 Å². The van der Waals surface area contributed by atoms with Crippen LogP contribution in [0.5, 0.6) is 0 Å². The van der Waals surface area contributed by atoms with Gasteiger partial charge in [-0.15, -0.1) is 0 Å². The molecule has 29 heavy (non-hydrogen) atoms. The predicted octanol–water partition coefficient (Wildman–Crippen LogP) is 4.97. The molecule has 7 heteroatoms. The number of aryl methyl sites for hydroxylation is 1. The summed E-state index contributed by atoms with van der Waals surface area (Å²) in [4.78, 5) is 21.2. The summed E-state index contributed by atoms with van der Waals surface area (Å²) in [5.41, 5.74) is 2.15. The van der Waals surface area contributed by atoms with Crippen molar-refractivity contribution in [1.82, 2.24) is 15.3 Å². The Morgan fingerprint density at radius 3 is 2.69 bits per heavy atom. The minimum Gasteiger partial charge on any atom is -0.342 e. The molecule has 1 aliphatic carbocycles. The third-order valence-corrected chi connectivity index (χ3v) is 4.97. The van der Waals surface area contributed by atoms with E-state index in [1.54, 1.807) is 36.5 Å². The van der Waals surface area contributed by atoms with Crippen molar-refractivity contribution in [2.75, 3.05) is 0 Å². The molecule has 1 amide bonds. The first-order valence-electron chi connectivity index (χ1n) is 9.31. The van der Waals surface area contributed by atoms with Crippen LogP contribution in [0.3, 0.4) is 0 Å². The summed E-state index contributed by atoms with van der Waals surface area (Å²) in [6.45, 7) is 0. The molecule has 0 bridgehead atoms. The van der Waals surface area contributed by atoms with Gasteiger partial charge in [-0.25, -0.2) is 0 Å². The van der Waals surface area contributed by atoms with Crippen LogP contribution in [0, 0.1) is 0 Å². The Balaban J connectivity index is 1.65. The van der Waals surface area contributed by atoms with E-state index in [0.717, 1.165) is 30.5 Å². The number of aromatic nitrogens is 2. The SMILES string of the molecule is O=C(NC1CCCc2ccc(-c3cccc(C(F)(F)F)c3)nc21)c1ccccn1. The molecule has 148 valence electrons. The van der Waals surface area contributed by atoms with Crippen molar-refractivity contribution in [2.45, 2.75) is 31.5 Å². The fraction of sp³-hybridized carbons (Fsp3) is 0.227. The quantitative estimate of drug-likeness (QED) is 0.679. The molecule has 0 saturated carbocycles. The molecular formula is C22H18F3N3O. The van der Waals surface area contributed by atoms with Crippen LogP contribution in [0.1, 0.15) is 46.2 Å². The Labute approximate surface area is 165 Å². The molecule has 0 saturated heterocycles. The second-order valence-corrected chi connectivity index (χ2v) is 6.95. The topological polar surface area (TPSA) is 54.9 Å². The number of benzene rings is 1. The molecule has 0 aliphatic heterocycles. The van der Waals surface area contributed by atoms with Crippen LogP contribution in [0.4, 0.5) is 13.2 Å². The maximum absolute atomic E-state index is 13.0. The Morgan fingerprint density at radius 2 is 1.93 bits per heavy atom. The van der Waals surface area contributed by atoms with Gasteiger partial charge < -0.3 is 5.32 Å². The number of carbonyl (C=O) groups excluding carboxylic acids is 1. The number of hydrogen-bond donors (Lipinski definition) is 1. The summed E-state index contributed by atoms with van der Waals surface area (Å²) in [5.74, 6) is -0.297. The van der Waals surface area contributed by atoms with E-state index in [0.29, 0.717) is 29.1 Å². The Morgan fingerprint density at radius 1 is 1.07 bits per heavy atom. The average molecular weight is 397 g/mol. The normalized spacial score (nSPS) is 16.2. The van der Waals surface area contributed by atoms with E-state index in [-0.39, 0.29) is 11.9 Å². The molecule has 4 nitrogen and oxygen atoms in total. The minimum absolute atomic E-state index is 0.297. The zero-order valence-corrected chi connectivity index (χ0v) is 15.4. The number of nitrogens with one attached hydrogen (secondary N) is 1. The number of nitrogens with zero attached hydrogens (tertiary/aromatic N) is 2. The average Bonchev–Trinajstić information content (AvgIpc) is 2.74. The van der Waals surface area contributed by atoms with E-state index in [1.807, 2.05) is 6.07 Å². The first-order chi connectivity index (χ1) is 13.9. The molecule has 1 unspecified atom stereocenters. The fourth-order valence-electron chi connectivity index (χ4n) is 3.54. The fourth-order valence-corrected chi connectivity index (χ4v) is 3.54. The van der Waals surface area contributed by atoms with E-state index in [4.69, 9.17) is 0 Å². The van der Waals surface area contributed by atoms with Crippen molar-refractivity contribution in [1.29, 1.82) is 0 Å². The highest BCUT2D eigenvalue weighted by molar-refractivity contribution is 5.92. The first kappa shape index (κ1) is 19.1. The molecule has 1 aliphatic rings. The van der Waals surface area contributed by atoms with Gasteiger partial charge in [-0.05, 0) is 55.2 Å². The summed E-state index contributed by atoms with van der Waals surface area (Å²) in [5, 5.41) is 2.96. The molecule has 1 N–H and O–H groups in total. The molecule has 1 atom stereocenters. The lowest BCUT2D eigenvalue weighted by molar-refractivity contribution is -0.137. The summed E-state index contributed by atoms with van der Waals surface area (Å²) in [7, 11) is 0. The summed E-state index contributed by atoms with van der Waals surface area (Å²) < 4.78 is 39.1. The molecule has 4 rings (SSSR count). The van der Waals surface area contributed by atoms with Gasteiger partial charge in [0.15, 0.2) is 0 Å². The molecule has 2 aromatic heterocycles. The van der Waals surface area contributed by atoms with Crippen LogP contribution < -0.4 is 5.32 Å². The smallest absolute Gasteiger partial charge is 0.342 e. The van der Waals surface area contributed by atoms with E-state index < -0.39 is 11.7 Å². The number of rotatable bonds is 3. The van der Waals surface area contributed by atoms with Gasteiger partial charge >= 0.3 is 6.18 Å². The van der Waals surface area contributed by atoms with Gasteiger partial charge in [0.1, 0.15) is 5.69 Å². The van der Waals surface area contributed by atoms with Gasteiger partial charge in [0.2, 0.25) is 0 Å². The zero-order valence-electron chi connectivity index (χ0n) is 15.4. The van der Waals surface area contributed by atoms with E-state index in [1.165, 1.54) is 6.07 Å². The molecule has 3 aromatic rings. The molecular weight excluding hydrogens is 379 g/mol. The number of amides is 1. The van der Waals surface area contributed by atoms with Gasteiger partial charge in [-0.3, -0.25) is 14.8 Å². The minimum atomic E-state index is -4.41. The third kappa shape index (κ3) is 4.13. The summed E-state index contributed by atoms with van der Waals surface area (Å²) in [6.07, 6.45) is -0.437. The number of pyridine rings is 2. The lowest BCUT2D eigenvalue weighted by atomic mass is 9.91. The van der Waals surface area contributed by atoms with Gasteiger partial charge in [0.25, 0.3) is 5.91 Å². The van der Waals surface area contributed by atoms with Gasteiger partial charge in [0, 0.05) is 11.8 Å². The van der Waals surface area contributed by atoms with Crippen molar-refractivity contribution >= 4 is 5.91 Å². The van der Waals surface area contributed by atoms with Gasteiger partial charge in [0.05, 0.1) is 23.0 Å². The van der Waals surface area contributed by atoms with E-state index in [9.17, 15) is 18.0 Å². The van der Waals surface area contributed by atoms with Crippen molar-refractivity contribution < 1.29 is 18.0 Å². The molecule has 2 heterocycles. The Hall–Kier alpha value is -3.22. The first-order valence-corrected chi connectivity index (χ1v) is 9.31. The van der Waals surface area contributed by atoms with Gasteiger partial charge in [-0.1, -0.05) is 24.3 Å². The van der Waals surface area contributed by atoms with E-state index in [2.05, 4.69) is 15.3 Å². The number of carbonyl (C=O) groups is 1.